The van der Waals surface area contributed by atoms with Crippen LogP contribution in [0.5, 0.6) is 17.5 Å². The molecule has 1 aliphatic carbocycles. The monoisotopic (exact) mass is 683 g/mol. The van der Waals surface area contributed by atoms with E-state index in [0.717, 1.165) is 42.6 Å². The summed E-state index contributed by atoms with van der Waals surface area (Å²) in [6.45, 7) is 2.96. The number of nitrogens with one attached hydrogen (secondary N) is 1. The molecule has 1 saturated heterocycles. The molecular formula is C38H45N5O7. The fraction of sp³-hybridized carbons (Fsp3) is 0.447. The standard InChI is InChI=1S/C38H45N5O7/c1-4-49-36(45)38-23-28(38)15-11-6-5-7-12-20-42(24-26-16-18-29(47-2)19-17-26)37(46)43-25-30(21-31(43)35(44)41-38)50-33-22-32(48-3)39-34(40-33)27-13-9-8-10-14-27/h8-11,13-19,22,28,30-31H,4-7,12,20-21,23-25H2,1-3H3,(H,41,44)/b15-11-/t28-,30-,31+,38-/m1/s1. The molecule has 12 heteroatoms. The molecule has 4 atom stereocenters. The van der Waals surface area contributed by atoms with Gasteiger partial charge < -0.3 is 34.1 Å². The van der Waals surface area contributed by atoms with E-state index in [-0.39, 0.29) is 37.4 Å². The zero-order valence-corrected chi connectivity index (χ0v) is 28.9. The summed E-state index contributed by atoms with van der Waals surface area (Å²) in [5, 5.41) is 3.03. The maximum absolute atomic E-state index is 14.5. The second-order valence-electron chi connectivity index (χ2n) is 12.9. The van der Waals surface area contributed by atoms with Gasteiger partial charge in [0, 0.05) is 31.0 Å². The van der Waals surface area contributed by atoms with Crippen LogP contribution in [0.15, 0.2) is 72.8 Å². The van der Waals surface area contributed by atoms with Gasteiger partial charge in [-0.15, -0.1) is 0 Å². The van der Waals surface area contributed by atoms with Gasteiger partial charge in [-0.25, -0.2) is 9.59 Å². The Morgan fingerprint density at radius 3 is 2.50 bits per heavy atom. The number of esters is 1. The predicted molar refractivity (Wildman–Crippen MR) is 186 cm³/mol. The summed E-state index contributed by atoms with van der Waals surface area (Å²) < 4.78 is 22.6. The van der Waals surface area contributed by atoms with Crippen molar-refractivity contribution < 1.29 is 33.3 Å². The highest BCUT2D eigenvalue weighted by molar-refractivity contribution is 5.95. The van der Waals surface area contributed by atoms with Crippen molar-refractivity contribution in [2.75, 3.05) is 33.9 Å². The second-order valence-corrected chi connectivity index (χ2v) is 12.9. The molecule has 3 aromatic rings. The summed E-state index contributed by atoms with van der Waals surface area (Å²) in [5.41, 5.74) is 0.568. The molecule has 2 aliphatic heterocycles. The first kappa shape index (κ1) is 34.7. The smallest absolute Gasteiger partial charge is 0.332 e. The number of amides is 3. The fourth-order valence-corrected chi connectivity index (χ4v) is 6.69. The number of urea groups is 1. The SMILES string of the molecule is CCOC(=O)[C@@]12C[C@H]1/C=C\CCCCCN(Cc1ccc(OC)cc1)C(=O)N1C[C@H](Oc3cc(OC)nc(-c4ccccc4)n3)C[C@H]1C(=O)N2. The molecule has 12 nitrogen and oxygen atoms in total. The summed E-state index contributed by atoms with van der Waals surface area (Å²) in [6.07, 6.45) is 7.70. The average Bonchev–Trinajstić information content (AvgIpc) is 3.67. The minimum Gasteiger partial charge on any atom is -0.497 e. The van der Waals surface area contributed by atoms with E-state index in [9.17, 15) is 14.4 Å². The fourth-order valence-electron chi connectivity index (χ4n) is 6.69. The average molecular weight is 684 g/mol. The summed E-state index contributed by atoms with van der Waals surface area (Å²) in [7, 11) is 3.14. The van der Waals surface area contributed by atoms with Crippen molar-refractivity contribution in [2.24, 2.45) is 5.92 Å². The van der Waals surface area contributed by atoms with Gasteiger partial charge in [0.1, 0.15) is 23.4 Å². The van der Waals surface area contributed by atoms with Gasteiger partial charge in [0.2, 0.25) is 17.7 Å². The second kappa shape index (κ2) is 15.6. The Kier molecular flexibility index (Phi) is 10.8. The van der Waals surface area contributed by atoms with Gasteiger partial charge in [-0.05, 0) is 50.3 Å². The minimum absolute atomic E-state index is 0.138. The number of allylic oxidation sites excluding steroid dienone is 1. The van der Waals surface area contributed by atoms with Crippen molar-refractivity contribution in [3.05, 3.63) is 78.4 Å². The Balaban J connectivity index is 1.31. The number of carbonyl (C=O) groups excluding carboxylic acids is 3. The summed E-state index contributed by atoms with van der Waals surface area (Å²) in [4.78, 5) is 54.5. The van der Waals surface area contributed by atoms with Gasteiger partial charge in [-0.3, -0.25) is 4.79 Å². The molecule has 3 amide bonds. The molecule has 0 spiro atoms. The molecule has 1 aromatic heterocycles. The van der Waals surface area contributed by atoms with Crippen molar-refractivity contribution in [2.45, 2.75) is 69.7 Å². The Bertz CT molecular complexity index is 1680. The summed E-state index contributed by atoms with van der Waals surface area (Å²) in [6, 6.07) is 17.5. The molecular weight excluding hydrogens is 638 g/mol. The van der Waals surface area contributed by atoms with Crippen LogP contribution in [0.25, 0.3) is 11.4 Å². The maximum Gasteiger partial charge on any atom is 0.332 e. The topological polar surface area (TPSA) is 132 Å². The number of carbonyl (C=O) groups is 3. The van der Waals surface area contributed by atoms with Crippen LogP contribution < -0.4 is 19.5 Å². The van der Waals surface area contributed by atoms with Crippen LogP contribution in [0.4, 0.5) is 4.79 Å². The Morgan fingerprint density at radius 1 is 0.980 bits per heavy atom. The number of hydrogen-bond donors (Lipinski definition) is 1. The van der Waals surface area contributed by atoms with E-state index in [2.05, 4.69) is 21.4 Å². The van der Waals surface area contributed by atoms with E-state index in [1.165, 1.54) is 7.11 Å². The summed E-state index contributed by atoms with van der Waals surface area (Å²) >= 11 is 0. The molecule has 1 N–H and O–H groups in total. The molecule has 0 bridgehead atoms. The number of hydrogen-bond acceptors (Lipinski definition) is 9. The van der Waals surface area contributed by atoms with Crippen LogP contribution in [-0.4, -0.2) is 89.3 Å². The maximum atomic E-state index is 14.5. The lowest BCUT2D eigenvalue weighted by atomic mass is 10.1. The molecule has 0 unspecified atom stereocenters. The first-order chi connectivity index (χ1) is 24.3. The molecule has 1 saturated carbocycles. The number of aromatic nitrogens is 2. The van der Waals surface area contributed by atoms with Gasteiger partial charge in [0.15, 0.2) is 5.82 Å². The lowest BCUT2D eigenvalue weighted by Crippen LogP contribution is -2.55. The molecule has 3 aliphatic rings. The van der Waals surface area contributed by atoms with Crippen LogP contribution in [-0.2, 0) is 20.9 Å². The van der Waals surface area contributed by atoms with E-state index in [0.29, 0.717) is 31.2 Å². The van der Waals surface area contributed by atoms with Crippen LogP contribution >= 0.6 is 0 Å². The number of benzene rings is 2. The largest absolute Gasteiger partial charge is 0.497 e. The molecule has 6 rings (SSSR count). The molecule has 3 heterocycles. The highest BCUT2D eigenvalue weighted by Crippen LogP contribution is 2.46. The number of fused-ring (bicyclic) bond motifs is 2. The third kappa shape index (κ3) is 7.85. The van der Waals surface area contributed by atoms with Crippen LogP contribution in [0, 0.1) is 5.92 Å². The quantitative estimate of drug-likeness (QED) is 0.240. The van der Waals surface area contributed by atoms with Crippen molar-refractivity contribution >= 4 is 17.9 Å². The number of nitrogens with zero attached hydrogens (tertiary/aromatic N) is 4. The molecule has 264 valence electrons. The normalized spacial score (nSPS) is 24.5. The highest BCUT2D eigenvalue weighted by Gasteiger charge is 2.62. The van der Waals surface area contributed by atoms with Gasteiger partial charge in [0.05, 0.1) is 33.4 Å². The third-order valence-electron chi connectivity index (χ3n) is 9.49. The van der Waals surface area contributed by atoms with Gasteiger partial charge in [0.25, 0.3) is 0 Å². The molecule has 0 radical (unpaired) electrons. The zero-order valence-electron chi connectivity index (χ0n) is 28.9. The first-order valence-electron chi connectivity index (χ1n) is 17.3. The minimum atomic E-state index is -1.16. The van der Waals surface area contributed by atoms with Crippen molar-refractivity contribution in [3.63, 3.8) is 0 Å². The molecule has 2 aromatic carbocycles. The molecule has 50 heavy (non-hydrogen) atoms. The zero-order chi connectivity index (χ0) is 35.1. The lowest BCUT2D eigenvalue weighted by molar-refractivity contribution is -0.149. The first-order valence-corrected chi connectivity index (χ1v) is 17.3. The van der Waals surface area contributed by atoms with Crippen LogP contribution in [0.1, 0.15) is 51.0 Å². The van der Waals surface area contributed by atoms with Crippen molar-refractivity contribution in [1.82, 2.24) is 25.1 Å². The Hall–Kier alpha value is -5.13. The van der Waals surface area contributed by atoms with Crippen molar-refractivity contribution in [3.8, 4) is 28.9 Å². The highest BCUT2D eigenvalue weighted by atomic mass is 16.5. The van der Waals surface area contributed by atoms with Crippen LogP contribution in [0.2, 0.25) is 0 Å². The van der Waals surface area contributed by atoms with E-state index < -0.39 is 29.6 Å². The Labute approximate surface area is 292 Å². The lowest BCUT2D eigenvalue weighted by Gasteiger charge is -2.32. The van der Waals surface area contributed by atoms with E-state index in [1.54, 1.807) is 29.9 Å². The van der Waals surface area contributed by atoms with Gasteiger partial charge in [-0.1, -0.05) is 61.0 Å². The number of methoxy groups -OCH3 is 2. The predicted octanol–water partition coefficient (Wildman–Crippen LogP) is 5.17. The summed E-state index contributed by atoms with van der Waals surface area (Å²) in [5.74, 6) is 0.692. The van der Waals surface area contributed by atoms with E-state index >= 15 is 0 Å². The number of ether oxygens (including phenoxy) is 4. The third-order valence-corrected chi connectivity index (χ3v) is 9.49. The Morgan fingerprint density at radius 2 is 1.76 bits per heavy atom. The van der Waals surface area contributed by atoms with Gasteiger partial charge >= 0.3 is 12.0 Å². The van der Waals surface area contributed by atoms with E-state index in [1.807, 2.05) is 60.7 Å². The van der Waals surface area contributed by atoms with Gasteiger partial charge in [-0.2, -0.15) is 9.97 Å². The number of rotatable bonds is 9. The van der Waals surface area contributed by atoms with Crippen molar-refractivity contribution in [1.29, 1.82) is 0 Å². The molecule has 2 fully saturated rings. The van der Waals surface area contributed by atoms with Crippen LogP contribution in [0.3, 0.4) is 0 Å². The van der Waals surface area contributed by atoms with E-state index in [4.69, 9.17) is 18.9 Å².